The molecule has 332 valence electrons. The van der Waals surface area contributed by atoms with Crippen LogP contribution in [0.15, 0.2) is 24.3 Å². The fourth-order valence-corrected chi connectivity index (χ4v) is 7.28. The summed E-state index contributed by atoms with van der Waals surface area (Å²) in [6, 6.07) is 7.51. The van der Waals surface area contributed by atoms with E-state index in [1.807, 2.05) is 82.9 Å². The van der Waals surface area contributed by atoms with Crippen LogP contribution in [0.25, 0.3) is 0 Å². The molecule has 1 aromatic rings. The van der Waals surface area contributed by atoms with Crippen LogP contribution >= 0.6 is 0 Å². The summed E-state index contributed by atoms with van der Waals surface area (Å²) in [7, 11) is 10.7. The maximum absolute atomic E-state index is 13.5. The molecule has 0 aromatic heterocycles. The van der Waals surface area contributed by atoms with Gasteiger partial charge in [-0.05, 0) is 68.8 Å². The summed E-state index contributed by atoms with van der Waals surface area (Å²) in [5, 5.41) is 8.55. The maximum atomic E-state index is 13.5. The molecule has 1 saturated heterocycles. The summed E-state index contributed by atoms with van der Waals surface area (Å²) < 4.78 is 11.6. The van der Waals surface area contributed by atoms with E-state index in [1.54, 1.807) is 26.2 Å². The van der Waals surface area contributed by atoms with E-state index >= 15 is 0 Å². The molecule has 13 heteroatoms. The highest BCUT2D eigenvalue weighted by atomic mass is 16.5. The van der Waals surface area contributed by atoms with Crippen LogP contribution in [0.4, 0.5) is 5.69 Å². The Hall–Kier alpha value is -3.26. The number of likely N-dealkylation sites (N-methyl/N-ethyl adjacent to an activating group) is 2. The fraction of sp³-hybridized carbons (Fsp3) is 0.773. The second-order valence-electron chi connectivity index (χ2n) is 15.5. The molecule has 4 amide bonds. The highest BCUT2D eigenvalue weighted by Gasteiger charge is 2.40. The molecule has 1 heterocycles. The van der Waals surface area contributed by atoms with Gasteiger partial charge in [-0.25, -0.2) is 0 Å². The number of nitrogens with one attached hydrogen (secondary N) is 3. The molecule has 7 atom stereocenters. The van der Waals surface area contributed by atoms with E-state index in [0.717, 1.165) is 31.4 Å². The second-order valence-corrected chi connectivity index (χ2v) is 15.5. The molecule has 0 spiro atoms. The van der Waals surface area contributed by atoms with Gasteiger partial charge in [0.05, 0.1) is 43.3 Å². The summed E-state index contributed by atoms with van der Waals surface area (Å²) in [5.41, 5.74) is 7.77. The van der Waals surface area contributed by atoms with E-state index in [9.17, 15) is 19.2 Å². The summed E-state index contributed by atoms with van der Waals surface area (Å²) >= 11 is 0. The lowest BCUT2D eigenvalue weighted by molar-refractivity contribution is -0.144. The van der Waals surface area contributed by atoms with Crippen molar-refractivity contribution in [2.24, 2.45) is 23.5 Å². The number of likely N-dealkylation sites (tertiary alicyclic amines) is 1. The van der Waals surface area contributed by atoms with Gasteiger partial charge in [0, 0.05) is 53.1 Å². The molecule has 1 aliphatic rings. The monoisotopic (exact) mass is 808 g/mol. The SMILES string of the molecule is CC.CCC.CCC(C)C(C(CC(=O)N1CCCC1C(OC)C(C)C)OC)N(C)C(=O)CNC(=O)C(C(C)C)N(C)C.CNc1ccc(CC(CN)NC=O)cc1. The molecule has 0 bridgehead atoms. The van der Waals surface area contributed by atoms with Gasteiger partial charge in [0.2, 0.25) is 24.1 Å². The number of carbonyl (C=O) groups excluding carboxylic acids is 4. The molecule has 0 saturated carbocycles. The lowest BCUT2D eigenvalue weighted by Gasteiger charge is -2.39. The van der Waals surface area contributed by atoms with Gasteiger partial charge in [-0.2, -0.15) is 0 Å². The van der Waals surface area contributed by atoms with Crippen molar-refractivity contribution in [1.82, 2.24) is 25.3 Å². The molecule has 1 aromatic carbocycles. The quantitative estimate of drug-likeness (QED) is 0.119. The van der Waals surface area contributed by atoms with Gasteiger partial charge in [-0.15, -0.1) is 0 Å². The maximum Gasteiger partial charge on any atom is 0.242 e. The Labute approximate surface area is 347 Å². The molecular formula is C44H85N7O6. The predicted molar refractivity (Wildman–Crippen MR) is 236 cm³/mol. The van der Waals surface area contributed by atoms with Crippen molar-refractivity contribution in [3.05, 3.63) is 29.8 Å². The van der Waals surface area contributed by atoms with Crippen molar-refractivity contribution < 1.29 is 28.7 Å². The number of nitrogens with two attached hydrogens (primary N) is 1. The minimum Gasteiger partial charge on any atom is -0.388 e. The first-order chi connectivity index (χ1) is 27.0. The van der Waals surface area contributed by atoms with Crippen LogP contribution < -0.4 is 21.7 Å². The second kappa shape index (κ2) is 31.7. The van der Waals surface area contributed by atoms with Gasteiger partial charge in [0.15, 0.2) is 0 Å². The number of anilines is 1. The topological polar surface area (TPSA) is 159 Å². The van der Waals surface area contributed by atoms with Crippen molar-refractivity contribution in [3.63, 3.8) is 0 Å². The Balaban J connectivity index is 0. The van der Waals surface area contributed by atoms with Crippen LogP contribution in [-0.2, 0) is 35.1 Å². The molecular weight excluding hydrogens is 723 g/mol. The first kappa shape index (κ1) is 55.8. The third-order valence-corrected chi connectivity index (χ3v) is 10.2. The first-order valence-electron chi connectivity index (χ1n) is 21.2. The van der Waals surface area contributed by atoms with Crippen LogP contribution in [0.2, 0.25) is 0 Å². The molecule has 13 nitrogen and oxygen atoms in total. The zero-order chi connectivity index (χ0) is 44.2. The third-order valence-electron chi connectivity index (χ3n) is 10.2. The molecule has 1 aliphatic heterocycles. The third kappa shape index (κ3) is 19.8. The summed E-state index contributed by atoms with van der Waals surface area (Å²) in [6.07, 6.45) is 5.13. The molecule has 0 aliphatic carbocycles. The van der Waals surface area contributed by atoms with Crippen molar-refractivity contribution in [3.8, 4) is 0 Å². The van der Waals surface area contributed by atoms with Crippen molar-refractivity contribution in [1.29, 1.82) is 0 Å². The van der Waals surface area contributed by atoms with Gasteiger partial charge < -0.3 is 41.0 Å². The fourth-order valence-electron chi connectivity index (χ4n) is 7.28. The van der Waals surface area contributed by atoms with Gasteiger partial charge >= 0.3 is 0 Å². The van der Waals surface area contributed by atoms with Crippen LogP contribution in [-0.4, -0.2) is 137 Å². The molecule has 5 N–H and O–H groups in total. The number of hydrogen-bond acceptors (Lipinski definition) is 9. The summed E-state index contributed by atoms with van der Waals surface area (Å²) in [5.74, 6) is 0.180. The average Bonchev–Trinajstić information content (AvgIpc) is 3.67. The van der Waals surface area contributed by atoms with Gasteiger partial charge in [-0.1, -0.05) is 94.2 Å². The number of benzene rings is 1. The Bertz CT molecular complexity index is 1210. The lowest BCUT2D eigenvalue weighted by atomic mass is 9.90. The van der Waals surface area contributed by atoms with Gasteiger partial charge in [0.1, 0.15) is 0 Å². The minimum atomic E-state index is -0.460. The molecule has 57 heavy (non-hydrogen) atoms. The highest BCUT2D eigenvalue weighted by Crippen LogP contribution is 2.29. The van der Waals surface area contributed by atoms with Crippen LogP contribution in [0, 0.1) is 17.8 Å². The van der Waals surface area contributed by atoms with Gasteiger partial charge in [0.25, 0.3) is 0 Å². The van der Waals surface area contributed by atoms with Crippen molar-refractivity contribution >= 4 is 29.8 Å². The van der Waals surface area contributed by atoms with Crippen LogP contribution in [0.1, 0.15) is 107 Å². The lowest BCUT2D eigenvalue weighted by Crippen LogP contribution is -2.55. The summed E-state index contributed by atoms with van der Waals surface area (Å²) in [4.78, 5) is 55.2. The largest absolute Gasteiger partial charge is 0.388 e. The standard InChI is InChI=1S/C28H54N4O5.C11H17N3O.C3H8.C2H6/c1-12-20(6)26(31(9)24(34)17-29-28(35)25(18(2)3)30(7)8)22(36-10)16-23(33)32-15-13-14-21(32)27(37-11)19(4)5;1-13-10-4-2-9(3-5-10)6-11(7-12)14-8-15;1-3-2;1-2/h18-22,25-27H,12-17H2,1-11H3,(H,29,35);2-5,8,11,13H,6-7,12H2,1H3,(H,14,15);3H2,1-2H3;1-2H3. The Kier molecular flexibility index (Phi) is 31.1. The average molecular weight is 808 g/mol. The Morgan fingerprint density at radius 2 is 1.54 bits per heavy atom. The number of ether oxygens (including phenoxy) is 2. The van der Waals surface area contributed by atoms with Gasteiger partial charge in [-0.3, -0.25) is 24.1 Å². The van der Waals surface area contributed by atoms with E-state index < -0.39 is 6.10 Å². The van der Waals surface area contributed by atoms with Crippen molar-refractivity contribution in [2.75, 3.05) is 67.4 Å². The number of nitrogens with zero attached hydrogens (tertiary/aromatic N) is 3. The Morgan fingerprint density at radius 3 is 1.96 bits per heavy atom. The van der Waals surface area contributed by atoms with E-state index in [4.69, 9.17) is 15.2 Å². The van der Waals surface area contributed by atoms with E-state index in [1.165, 1.54) is 12.0 Å². The smallest absolute Gasteiger partial charge is 0.242 e. The molecule has 2 rings (SSSR count). The number of methoxy groups -OCH3 is 2. The Morgan fingerprint density at radius 1 is 0.965 bits per heavy atom. The van der Waals surface area contributed by atoms with Crippen LogP contribution in [0.3, 0.4) is 0 Å². The molecule has 0 radical (unpaired) electrons. The zero-order valence-electron chi connectivity index (χ0n) is 38.8. The number of hydrogen-bond donors (Lipinski definition) is 4. The van der Waals surface area contributed by atoms with E-state index in [0.29, 0.717) is 25.4 Å². The zero-order valence-corrected chi connectivity index (χ0v) is 38.8. The van der Waals surface area contributed by atoms with E-state index in [-0.39, 0.29) is 72.8 Å². The predicted octanol–water partition coefficient (Wildman–Crippen LogP) is 5.42. The molecule has 1 fully saturated rings. The number of rotatable bonds is 21. The normalized spacial score (nSPS) is 16.6. The highest BCUT2D eigenvalue weighted by molar-refractivity contribution is 5.87. The number of carbonyl (C=O) groups is 4. The molecule has 7 unspecified atom stereocenters. The van der Waals surface area contributed by atoms with Crippen LogP contribution in [0.5, 0.6) is 0 Å². The van der Waals surface area contributed by atoms with Crippen molar-refractivity contribution in [2.45, 2.75) is 144 Å². The number of amides is 4. The minimum absolute atomic E-state index is 0.0116. The first-order valence-corrected chi connectivity index (χ1v) is 21.2. The van der Waals surface area contributed by atoms with E-state index in [2.05, 4.69) is 57.5 Å². The summed E-state index contributed by atoms with van der Waals surface area (Å²) in [6.45, 7) is 21.7.